The second kappa shape index (κ2) is 11.0. The number of halogens is 4. The largest absolute Gasteiger partial charge is 0.463 e. The summed E-state index contributed by atoms with van der Waals surface area (Å²) in [6.45, 7) is -0.859. The fraction of sp³-hybridized carbons (Fsp3) is 0.304. The van der Waals surface area contributed by atoms with Gasteiger partial charge in [0.2, 0.25) is 6.86 Å². The predicted molar refractivity (Wildman–Crippen MR) is 113 cm³/mol. The molecule has 0 spiro atoms. The molecular formula is C23H23F4N3O3. The van der Waals surface area contributed by atoms with Crippen LogP contribution in [0.1, 0.15) is 38.4 Å². The van der Waals surface area contributed by atoms with E-state index in [2.05, 4.69) is 15.5 Å². The van der Waals surface area contributed by atoms with Crippen molar-refractivity contribution in [3.05, 3.63) is 82.2 Å². The van der Waals surface area contributed by atoms with E-state index in [1.165, 1.54) is 13.2 Å². The van der Waals surface area contributed by atoms with E-state index in [-0.39, 0.29) is 30.8 Å². The van der Waals surface area contributed by atoms with Crippen LogP contribution in [-0.2, 0) is 30.7 Å². The number of nitrogens with zero attached hydrogens (tertiary/aromatic N) is 1. The van der Waals surface area contributed by atoms with Crippen molar-refractivity contribution < 1.29 is 31.8 Å². The second-order valence-electron chi connectivity index (χ2n) is 7.24. The van der Waals surface area contributed by atoms with Crippen LogP contribution in [0.3, 0.4) is 0 Å². The molecule has 0 aliphatic rings. The highest BCUT2D eigenvalue weighted by Gasteiger charge is 2.29. The van der Waals surface area contributed by atoms with Crippen molar-refractivity contribution in [2.45, 2.75) is 32.2 Å². The Morgan fingerprint density at radius 1 is 1.06 bits per heavy atom. The molecule has 6 nitrogen and oxygen atoms in total. The fourth-order valence-corrected chi connectivity index (χ4v) is 3.46. The minimum Gasteiger partial charge on any atom is -0.463 e. The summed E-state index contributed by atoms with van der Waals surface area (Å²) in [4.78, 5) is 12.9. The molecule has 3 aromatic rings. The number of para-hydroxylation sites is 1. The molecule has 0 aliphatic carbocycles. The molecular weight excluding hydrogens is 442 g/mol. The number of methoxy groups -OCH3 is 1. The Labute approximate surface area is 187 Å². The summed E-state index contributed by atoms with van der Waals surface area (Å²) in [6, 6.07) is 12.9. The van der Waals surface area contributed by atoms with Crippen molar-refractivity contribution in [3.8, 4) is 5.75 Å². The van der Waals surface area contributed by atoms with Gasteiger partial charge in [0.1, 0.15) is 5.75 Å². The maximum absolute atomic E-state index is 13.0. The molecule has 0 aliphatic heterocycles. The minimum absolute atomic E-state index is 0.0472. The van der Waals surface area contributed by atoms with E-state index < -0.39 is 25.4 Å². The van der Waals surface area contributed by atoms with Crippen LogP contribution in [0.2, 0.25) is 0 Å². The molecule has 1 heterocycles. The molecule has 3 rings (SSSR count). The van der Waals surface area contributed by atoms with Crippen molar-refractivity contribution in [2.24, 2.45) is 0 Å². The number of aromatic nitrogens is 2. The third-order valence-electron chi connectivity index (χ3n) is 4.96. The van der Waals surface area contributed by atoms with Gasteiger partial charge >= 0.3 is 6.18 Å². The zero-order valence-electron chi connectivity index (χ0n) is 17.8. The number of carbonyl (C=O) groups excluding carboxylic acids is 1. The predicted octanol–water partition coefficient (Wildman–Crippen LogP) is 4.49. The number of hydrogen-bond acceptors (Lipinski definition) is 4. The number of hydrogen-bond donors (Lipinski definition) is 2. The number of amides is 1. The smallest absolute Gasteiger partial charge is 0.393 e. The summed E-state index contributed by atoms with van der Waals surface area (Å²) in [6.07, 6.45) is -5.38. The second-order valence-corrected chi connectivity index (χ2v) is 7.24. The van der Waals surface area contributed by atoms with Crippen LogP contribution in [0.15, 0.2) is 48.5 Å². The lowest BCUT2D eigenvalue weighted by Crippen LogP contribution is -2.25. The zero-order chi connectivity index (χ0) is 23.8. The first-order chi connectivity index (χ1) is 15.8. The van der Waals surface area contributed by atoms with Crippen molar-refractivity contribution in [2.75, 3.05) is 14.0 Å². The minimum atomic E-state index is -4.36. The first-order valence-electron chi connectivity index (χ1n) is 10.1. The lowest BCUT2D eigenvalue weighted by atomic mass is 9.96. The number of H-pyrrole nitrogens is 1. The van der Waals surface area contributed by atoms with Crippen LogP contribution in [0, 0.1) is 0 Å². The highest BCUT2D eigenvalue weighted by molar-refractivity contribution is 5.94. The van der Waals surface area contributed by atoms with Crippen LogP contribution in [0.4, 0.5) is 17.6 Å². The standard InChI is InChI=1S/C23H23F4N3O3/c1-32-13-19-18(10-15-6-2-3-7-16(15)11-23(25,26)27)21(30-29-19)22(31)28-12-17-8-4-5-9-20(17)33-14-24/h2-9H,10-14H2,1H3,(H,28,31)(H,29,30). The maximum atomic E-state index is 13.0. The molecule has 0 atom stereocenters. The van der Waals surface area contributed by atoms with E-state index in [1.54, 1.807) is 42.5 Å². The van der Waals surface area contributed by atoms with Gasteiger partial charge in [0, 0.05) is 31.2 Å². The third-order valence-corrected chi connectivity index (χ3v) is 4.96. The summed E-state index contributed by atoms with van der Waals surface area (Å²) < 4.78 is 61.7. The van der Waals surface area contributed by atoms with Crippen molar-refractivity contribution >= 4 is 5.91 Å². The van der Waals surface area contributed by atoms with Crippen molar-refractivity contribution in [1.82, 2.24) is 15.5 Å². The lowest BCUT2D eigenvalue weighted by Gasteiger charge is -2.13. The van der Waals surface area contributed by atoms with Gasteiger partial charge in [-0.15, -0.1) is 0 Å². The molecule has 2 N–H and O–H groups in total. The molecule has 1 aromatic heterocycles. The average molecular weight is 465 g/mol. The molecule has 1 amide bonds. The van der Waals surface area contributed by atoms with E-state index >= 15 is 0 Å². The summed E-state index contributed by atoms with van der Waals surface area (Å²) in [5.74, 6) is -0.240. The van der Waals surface area contributed by atoms with Crippen molar-refractivity contribution in [3.63, 3.8) is 0 Å². The van der Waals surface area contributed by atoms with E-state index in [9.17, 15) is 22.4 Å². The van der Waals surface area contributed by atoms with Gasteiger partial charge in [-0.25, -0.2) is 4.39 Å². The van der Waals surface area contributed by atoms with Gasteiger partial charge < -0.3 is 14.8 Å². The lowest BCUT2D eigenvalue weighted by molar-refractivity contribution is -0.127. The normalized spacial score (nSPS) is 11.4. The molecule has 0 fully saturated rings. The molecule has 0 saturated carbocycles. The topological polar surface area (TPSA) is 76.2 Å². The zero-order valence-corrected chi connectivity index (χ0v) is 17.8. The maximum Gasteiger partial charge on any atom is 0.393 e. The molecule has 0 unspecified atom stereocenters. The molecule has 0 bridgehead atoms. The molecule has 176 valence electrons. The Hall–Kier alpha value is -3.40. The highest BCUT2D eigenvalue weighted by atomic mass is 19.4. The third kappa shape index (κ3) is 6.55. The first-order valence-corrected chi connectivity index (χ1v) is 10.1. The fourth-order valence-electron chi connectivity index (χ4n) is 3.46. The molecule has 0 radical (unpaired) electrons. The van der Waals surface area contributed by atoms with Gasteiger partial charge in [-0.3, -0.25) is 9.89 Å². The monoisotopic (exact) mass is 465 g/mol. The van der Waals surface area contributed by atoms with E-state index in [0.29, 0.717) is 28.1 Å². The molecule has 2 aromatic carbocycles. The summed E-state index contributed by atoms with van der Waals surface area (Å²) in [7, 11) is 1.46. The number of alkyl halides is 4. The van der Waals surface area contributed by atoms with Gasteiger partial charge in [0.15, 0.2) is 5.69 Å². The summed E-state index contributed by atoms with van der Waals surface area (Å²) in [5.41, 5.74) is 2.10. The Morgan fingerprint density at radius 2 is 1.73 bits per heavy atom. The number of rotatable bonds is 10. The van der Waals surface area contributed by atoms with Crippen LogP contribution in [0.25, 0.3) is 0 Å². The Balaban J connectivity index is 1.85. The summed E-state index contributed by atoms with van der Waals surface area (Å²) in [5, 5.41) is 9.52. The quantitative estimate of drug-likeness (QED) is 0.433. The Kier molecular flexibility index (Phi) is 8.05. The van der Waals surface area contributed by atoms with Gasteiger partial charge in [-0.1, -0.05) is 42.5 Å². The van der Waals surface area contributed by atoms with E-state index in [0.717, 1.165) is 0 Å². The van der Waals surface area contributed by atoms with Crippen molar-refractivity contribution in [1.29, 1.82) is 0 Å². The molecule has 10 heteroatoms. The van der Waals surface area contributed by atoms with E-state index in [1.807, 2.05) is 0 Å². The molecule has 0 saturated heterocycles. The summed E-state index contributed by atoms with van der Waals surface area (Å²) >= 11 is 0. The van der Waals surface area contributed by atoms with Gasteiger partial charge in [0.05, 0.1) is 18.7 Å². The number of aromatic amines is 1. The molecule has 33 heavy (non-hydrogen) atoms. The highest BCUT2D eigenvalue weighted by Crippen LogP contribution is 2.26. The van der Waals surface area contributed by atoms with Crippen LogP contribution < -0.4 is 10.1 Å². The number of benzene rings is 2. The average Bonchev–Trinajstić information content (AvgIpc) is 3.16. The van der Waals surface area contributed by atoms with Gasteiger partial charge in [-0.05, 0) is 17.2 Å². The Morgan fingerprint density at radius 3 is 2.39 bits per heavy atom. The van der Waals surface area contributed by atoms with E-state index in [4.69, 9.17) is 9.47 Å². The first kappa shape index (κ1) is 24.2. The number of nitrogens with one attached hydrogen (secondary N) is 2. The Bertz CT molecular complexity index is 1080. The van der Waals surface area contributed by atoms with Gasteiger partial charge in [0.25, 0.3) is 5.91 Å². The van der Waals surface area contributed by atoms with Crippen LogP contribution in [-0.4, -0.2) is 36.3 Å². The van der Waals surface area contributed by atoms with Crippen LogP contribution >= 0.6 is 0 Å². The SMILES string of the molecule is COCc1[nH]nc(C(=O)NCc2ccccc2OCF)c1Cc1ccccc1CC(F)(F)F. The number of carbonyl (C=O) groups is 1. The van der Waals surface area contributed by atoms with Crippen LogP contribution in [0.5, 0.6) is 5.75 Å². The number of ether oxygens (including phenoxy) is 2. The van der Waals surface area contributed by atoms with Gasteiger partial charge in [-0.2, -0.15) is 18.3 Å².